The summed E-state index contributed by atoms with van der Waals surface area (Å²) in [7, 11) is 0. The first-order chi connectivity index (χ1) is 11.5. The third-order valence-corrected chi connectivity index (χ3v) is 5.50. The van der Waals surface area contributed by atoms with Gasteiger partial charge in [-0.2, -0.15) is 0 Å². The van der Waals surface area contributed by atoms with E-state index in [-0.39, 0.29) is 0 Å². The molecule has 4 rings (SSSR count). The number of thiophene rings is 1. The van der Waals surface area contributed by atoms with E-state index in [0.29, 0.717) is 5.56 Å². The van der Waals surface area contributed by atoms with Gasteiger partial charge in [-0.25, -0.2) is 4.98 Å². The van der Waals surface area contributed by atoms with Crippen molar-refractivity contribution in [1.82, 2.24) is 4.98 Å². The minimum atomic E-state index is -1.52. The fourth-order valence-electron chi connectivity index (χ4n) is 3.11. The fourth-order valence-corrected chi connectivity index (χ4v) is 4.14. The van der Waals surface area contributed by atoms with Gasteiger partial charge < -0.3 is 10.2 Å². The molecule has 0 amide bonds. The van der Waals surface area contributed by atoms with Crippen LogP contribution in [0, 0.1) is 13.8 Å². The molecule has 24 heavy (non-hydrogen) atoms. The maximum Gasteiger partial charge on any atom is 0.179 e. The van der Waals surface area contributed by atoms with Gasteiger partial charge in [0, 0.05) is 15.6 Å². The fraction of sp³-hybridized carbons (Fsp3) is 0.150. The Balaban J connectivity index is 2.04. The van der Waals surface area contributed by atoms with Crippen LogP contribution in [0.1, 0.15) is 23.0 Å². The summed E-state index contributed by atoms with van der Waals surface area (Å²) in [6.07, 6.45) is -1.52. The number of nitrogens with zero attached hydrogens (tertiary/aromatic N) is 1. The number of aliphatic hydroxyl groups is 2. The van der Waals surface area contributed by atoms with Gasteiger partial charge in [-0.05, 0) is 48.6 Å². The highest BCUT2D eigenvalue weighted by molar-refractivity contribution is 7.22. The lowest BCUT2D eigenvalue weighted by Gasteiger charge is -2.14. The smallest absolute Gasteiger partial charge is 0.179 e. The van der Waals surface area contributed by atoms with Crippen LogP contribution < -0.4 is 0 Å². The number of hydrogen-bond acceptors (Lipinski definition) is 4. The molecule has 0 fully saturated rings. The van der Waals surface area contributed by atoms with Gasteiger partial charge in [0.25, 0.3) is 0 Å². The molecule has 0 aliphatic heterocycles. The summed E-state index contributed by atoms with van der Waals surface area (Å²) < 4.78 is 1.20. The molecular formula is C20H17NO2S. The number of pyridine rings is 1. The Morgan fingerprint density at radius 1 is 0.958 bits per heavy atom. The van der Waals surface area contributed by atoms with Crippen molar-refractivity contribution in [2.45, 2.75) is 20.1 Å². The molecule has 0 saturated carbocycles. The van der Waals surface area contributed by atoms with Crippen LogP contribution in [0.25, 0.3) is 31.6 Å². The van der Waals surface area contributed by atoms with Crippen LogP contribution in [0.15, 0.2) is 48.5 Å². The molecule has 4 aromatic rings. The second kappa shape index (κ2) is 5.67. The lowest BCUT2D eigenvalue weighted by molar-refractivity contribution is -0.0413. The van der Waals surface area contributed by atoms with Crippen molar-refractivity contribution in [2.24, 2.45) is 0 Å². The summed E-state index contributed by atoms with van der Waals surface area (Å²) in [5.41, 5.74) is 4.14. The number of aromatic nitrogens is 1. The third kappa shape index (κ3) is 2.40. The molecule has 3 nitrogen and oxygen atoms in total. The highest BCUT2D eigenvalue weighted by Crippen LogP contribution is 2.36. The first-order valence-electron chi connectivity index (χ1n) is 7.80. The molecule has 4 heteroatoms. The standard InChI is InChI=1S/C20H17NO2S/c1-11-7-8-12(2)19-18(11)14(20(22)23)10-15(21-19)17-9-13-5-3-4-6-16(13)24-17/h3-10,20,22-23H,1-2H3. The van der Waals surface area contributed by atoms with Gasteiger partial charge >= 0.3 is 0 Å². The van der Waals surface area contributed by atoms with E-state index in [2.05, 4.69) is 18.2 Å². The Morgan fingerprint density at radius 3 is 2.46 bits per heavy atom. The van der Waals surface area contributed by atoms with Crippen molar-refractivity contribution in [3.05, 3.63) is 65.2 Å². The zero-order valence-electron chi connectivity index (χ0n) is 13.4. The maximum absolute atomic E-state index is 9.88. The van der Waals surface area contributed by atoms with Crippen LogP contribution in [0.3, 0.4) is 0 Å². The van der Waals surface area contributed by atoms with Gasteiger partial charge in [0.1, 0.15) is 0 Å². The van der Waals surface area contributed by atoms with E-state index in [1.165, 1.54) is 10.1 Å². The van der Waals surface area contributed by atoms with Crippen LogP contribution in [-0.2, 0) is 0 Å². The second-order valence-corrected chi connectivity index (χ2v) is 7.13. The Morgan fingerprint density at radius 2 is 1.71 bits per heavy atom. The number of rotatable bonds is 2. The zero-order chi connectivity index (χ0) is 16.8. The van der Waals surface area contributed by atoms with Crippen LogP contribution in [0.4, 0.5) is 0 Å². The van der Waals surface area contributed by atoms with E-state index < -0.39 is 6.29 Å². The van der Waals surface area contributed by atoms with Gasteiger partial charge in [0.15, 0.2) is 6.29 Å². The Labute approximate surface area is 143 Å². The lowest BCUT2D eigenvalue weighted by atomic mass is 9.99. The summed E-state index contributed by atoms with van der Waals surface area (Å²) in [5.74, 6) is 0. The van der Waals surface area contributed by atoms with E-state index in [1.807, 2.05) is 38.1 Å². The predicted molar refractivity (Wildman–Crippen MR) is 99.2 cm³/mol. The highest BCUT2D eigenvalue weighted by Gasteiger charge is 2.16. The van der Waals surface area contributed by atoms with Crippen molar-refractivity contribution in [3.8, 4) is 10.6 Å². The molecule has 0 saturated heterocycles. The van der Waals surface area contributed by atoms with Gasteiger partial charge in [-0.15, -0.1) is 11.3 Å². The summed E-state index contributed by atoms with van der Waals surface area (Å²) in [6.45, 7) is 3.96. The van der Waals surface area contributed by atoms with Gasteiger partial charge in [-0.3, -0.25) is 0 Å². The highest BCUT2D eigenvalue weighted by atomic mass is 32.1. The Bertz CT molecular complexity index is 1030. The molecule has 2 aromatic carbocycles. The predicted octanol–water partition coefficient (Wildman–Crippen LogP) is 4.72. The topological polar surface area (TPSA) is 53.4 Å². The Kier molecular flexibility index (Phi) is 3.61. The monoisotopic (exact) mass is 335 g/mol. The number of aliphatic hydroxyl groups excluding tert-OH is 1. The molecule has 0 bridgehead atoms. The maximum atomic E-state index is 9.88. The third-order valence-electron chi connectivity index (χ3n) is 4.36. The van der Waals surface area contributed by atoms with Gasteiger partial charge in [-0.1, -0.05) is 30.3 Å². The number of hydrogen-bond donors (Lipinski definition) is 2. The molecule has 2 aromatic heterocycles. The van der Waals surface area contributed by atoms with E-state index in [4.69, 9.17) is 4.98 Å². The first-order valence-corrected chi connectivity index (χ1v) is 8.62. The summed E-state index contributed by atoms with van der Waals surface area (Å²) in [4.78, 5) is 5.86. The largest absolute Gasteiger partial charge is 0.364 e. The molecule has 0 aliphatic carbocycles. The molecule has 0 radical (unpaired) electrons. The van der Waals surface area contributed by atoms with E-state index >= 15 is 0 Å². The zero-order valence-corrected chi connectivity index (χ0v) is 14.3. The molecule has 2 heterocycles. The van der Waals surface area contributed by atoms with Gasteiger partial charge in [0.05, 0.1) is 16.1 Å². The van der Waals surface area contributed by atoms with Crippen LogP contribution in [0.2, 0.25) is 0 Å². The van der Waals surface area contributed by atoms with Crippen LogP contribution in [-0.4, -0.2) is 15.2 Å². The number of aryl methyl sites for hydroxylation is 2. The lowest BCUT2D eigenvalue weighted by Crippen LogP contribution is -2.01. The van der Waals surface area contributed by atoms with Crippen molar-refractivity contribution < 1.29 is 10.2 Å². The summed E-state index contributed by atoms with van der Waals surface area (Å²) in [5, 5.41) is 21.8. The van der Waals surface area contributed by atoms with Crippen molar-refractivity contribution in [2.75, 3.05) is 0 Å². The van der Waals surface area contributed by atoms with Crippen LogP contribution in [0.5, 0.6) is 0 Å². The Hall–Kier alpha value is -2.27. The molecule has 0 spiro atoms. The van der Waals surface area contributed by atoms with Gasteiger partial charge in [0.2, 0.25) is 0 Å². The average molecular weight is 335 g/mol. The summed E-state index contributed by atoms with van der Waals surface area (Å²) >= 11 is 1.66. The van der Waals surface area contributed by atoms with Crippen molar-refractivity contribution in [3.63, 3.8) is 0 Å². The number of benzene rings is 2. The molecule has 2 N–H and O–H groups in total. The normalized spacial score (nSPS) is 11.7. The molecular weight excluding hydrogens is 318 g/mol. The second-order valence-electron chi connectivity index (χ2n) is 6.04. The SMILES string of the molecule is Cc1ccc(C)c2c(C(O)O)cc(-c3cc4ccccc4s3)nc12. The molecule has 0 aliphatic rings. The quantitative estimate of drug-likeness (QED) is 0.521. The number of fused-ring (bicyclic) bond motifs is 2. The minimum absolute atomic E-state index is 0.508. The molecule has 120 valence electrons. The molecule has 0 atom stereocenters. The first kappa shape index (κ1) is 15.3. The minimum Gasteiger partial charge on any atom is -0.364 e. The van der Waals surface area contributed by atoms with Crippen molar-refractivity contribution >= 4 is 32.3 Å². The van der Waals surface area contributed by atoms with E-state index in [1.54, 1.807) is 17.4 Å². The van der Waals surface area contributed by atoms with Crippen LogP contribution >= 0.6 is 11.3 Å². The van der Waals surface area contributed by atoms with E-state index in [9.17, 15) is 10.2 Å². The summed E-state index contributed by atoms with van der Waals surface area (Å²) in [6, 6.07) is 16.1. The van der Waals surface area contributed by atoms with E-state index in [0.717, 1.165) is 32.6 Å². The average Bonchev–Trinajstić information content (AvgIpc) is 3.01. The molecule has 0 unspecified atom stereocenters. The van der Waals surface area contributed by atoms with Crippen molar-refractivity contribution in [1.29, 1.82) is 0 Å².